The van der Waals surface area contributed by atoms with Gasteiger partial charge in [-0.25, -0.2) is 4.39 Å². The third-order valence-corrected chi connectivity index (χ3v) is 3.89. The molecule has 2 rings (SSSR count). The van der Waals surface area contributed by atoms with Gasteiger partial charge in [-0.3, -0.25) is 4.99 Å². The van der Waals surface area contributed by atoms with Crippen molar-refractivity contribution in [2.75, 3.05) is 21.3 Å². The molecule has 0 amide bonds. The highest BCUT2D eigenvalue weighted by atomic mass is 127. The van der Waals surface area contributed by atoms with Crippen molar-refractivity contribution < 1.29 is 27.4 Å². The first-order chi connectivity index (χ1) is 13.5. The molecule has 0 radical (unpaired) electrons. The van der Waals surface area contributed by atoms with E-state index in [-0.39, 0.29) is 41.8 Å². The minimum atomic E-state index is -3.04. The van der Waals surface area contributed by atoms with Crippen LogP contribution in [0.5, 0.6) is 17.2 Å². The van der Waals surface area contributed by atoms with E-state index in [1.54, 1.807) is 33.4 Å². The number of alkyl halides is 2. The lowest BCUT2D eigenvalue weighted by atomic mass is 10.2. The van der Waals surface area contributed by atoms with Crippen LogP contribution in [0.3, 0.4) is 0 Å². The summed E-state index contributed by atoms with van der Waals surface area (Å²) in [7, 11) is 4.65. The first kappa shape index (κ1) is 24.7. The molecule has 0 atom stereocenters. The van der Waals surface area contributed by atoms with Crippen LogP contribution < -0.4 is 24.8 Å². The molecule has 0 saturated heterocycles. The molecule has 10 heteroatoms. The number of nitrogens with zero attached hydrogens (tertiary/aromatic N) is 1. The zero-order chi connectivity index (χ0) is 20.5. The number of rotatable bonds is 8. The van der Waals surface area contributed by atoms with Crippen molar-refractivity contribution in [2.24, 2.45) is 4.99 Å². The van der Waals surface area contributed by atoms with E-state index < -0.39 is 12.4 Å². The van der Waals surface area contributed by atoms with E-state index in [1.165, 1.54) is 18.2 Å². The van der Waals surface area contributed by atoms with Gasteiger partial charge in [0.05, 0.1) is 14.2 Å². The molecular weight excluding hydrogens is 502 g/mol. The summed E-state index contributed by atoms with van der Waals surface area (Å²) in [5.74, 6) is 0.759. The Balaban J connectivity index is 0.00000420. The van der Waals surface area contributed by atoms with Crippen LogP contribution in [0.1, 0.15) is 11.1 Å². The molecule has 29 heavy (non-hydrogen) atoms. The molecule has 0 aliphatic carbocycles. The largest absolute Gasteiger partial charge is 0.497 e. The van der Waals surface area contributed by atoms with Crippen molar-refractivity contribution in [3.8, 4) is 17.2 Å². The Kier molecular flexibility index (Phi) is 10.4. The van der Waals surface area contributed by atoms with Gasteiger partial charge in [0.2, 0.25) is 0 Å². The van der Waals surface area contributed by atoms with Gasteiger partial charge in [-0.15, -0.1) is 24.0 Å². The zero-order valence-corrected chi connectivity index (χ0v) is 18.5. The summed E-state index contributed by atoms with van der Waals surface area (Å²) in [5.41, 5.74) is 0.826. The van der Waals surface area contributed by atoms with Crippen LogP contribution in [0.15, 0.2) is 41.4 Å². The third-order valence-electron chi connectivity index (χ3n) is 3.89. The van der Waals surface area contributed by atoms with Crippen LogP contribution in [0, 0.1) is 5.82 Å². The van der Waals surface area contributed by atoms with Gasteiger partial charge in [0, 0.05) is 37.3 Å². The molecule has 0 saturated carbocycles. The maximum atomic E-state index is 14.0. The normalized spacial score (nSPS) is 10.9. The summed E-state index contributed by atoms with van der Waals surface area (Å²) in [5, 5.41) is 5.93. The Morgan fingerprint density at radius 1 is 1.03 bits per heavy atom. The topological polar surface area (TPSA) is 64.1 Å². The van der Waals surface area contributed by atoms with E-state index in [4.69, 9.17) is 9.47 Å². The molecule has 0 fully saturated rings. The van der Waals surface area contributed by atoms with Crippen LogP contribution >= 0.6 is 24.0 Å². The zero-order valence-electron chi connectivity index (χ0n) is 16.2. The number of ether oxygens (including phenoxy) is 3. The predicted molar refractivity (Wildman–Crippen MR) is 115 cm³/mol. The lowest BCUT2D eigenvalue weighted by molar-refractivity contribution is -0.0506. The van der Waals surface area contributed by atoms with Gasteiger partial charge in [0.1, 0.15) is 23.1 Å². The molecule has 0 unspecified atom stereocenters. The maximum absolute atomic E-state index is 14.0. The minimum absolute atomic E-state index is 0. The lowest BCUT2D eigenvalue weighted by Gasteiger charge is -2.16. The van der Waals surface area contributed by atoms with Crippen LogP contribution in [0.2, 0.25) is 0 Å². The number of nitrogens with one attached hydrogen (secondary N) is 2. The second-order valence-electron chi connectivity index (χ2n) is 5.55. The van der Waals surface area contributed by atoms with Gasteiger partial charge in [-0.05, 0) is 24.3 Å². The highest BCUT2D eigenvalue weighted by Gasteiger charge is 2.14. The Labute approximate surface area is 184 Å². The number of aliphatic imine (C=N–C) groups is 1. The van der Waals surface area contributed by atoms with Crippen LogP contribution in [0.4, 0.5) is 13.2 Å². The quantitative estimate of drug-likeness (QED) is 0.311. The van der Waals surface area contributed by atoms with E-state index in [2.05, 4.69) is 20.4 Å². The van der Waals surface area contributed by atoms with Gasteiger partial charge in [0.15, 0.2) is 5.96 Å². The highest BCUT2D eigenvalue weighted by Crippen LogP contribution is 2.25. The van der Waals surface area contributed by atoms with E-state index >= 15 is 0 Å². The monoisotopic (exact) mass is 525 g/mol. The SMILES string of the molecule is CN=C(NCc1ccc(OC)cc1OC)NCc1c(F)cccc1OC(F)F.I. The standard InChI is InChI=1S/C19H22F3N3O3.HI/c1-23-19(24-10-12-7-8-13(26-2)9-17(12)27-3)25-11-14-15(20)5-4-6-16(14)28-18(21)22;/h4-9,18H,10-11H2,1-3H3,(H2,23,24,25);1H. The first-order valence-electron chi connectivity index (χ1n) is 8.36. The fourth-order valence-corrected chi connectivity index (χ4v) is 2.49. The molecule has 2 N–H and O–H groups in total. The second kappa shape index (κ2) is 12.2. The van der Waals surface area contributed by atoms with Gasteiger partial charge < -0.3 is 24.8 Å². The molecule has 6 nitrogen and oxygen atoms in total. The predicted octanol–water partition coefficient (Wildman–Crippen LogP) is 3.93. The molecule has 2 aromatic carbocycles. The molecule has 0 heterocycles. The minimum Gasteiger partial charge on any atom is -0.497 e. The van der Waals surface area contributed by atoms with E-state index in [1.807, 2.05) is 6.07 Å². The summed E-state index contributed by atoms with van der Waals surface area (Å²) in [4.78, 5) is 4.05. The van der Waals surface area contributed by atoms with Gasteiger partial charge in [-0.1, -0.05) is 6.07 Å². The van der Waals surface area contributed by atoms with Crippen molar-refractivity contribution in [1.82, 2.24) is 10.6 Å². The molecule has 0 aliphatic heterocycles. The van der Waals surface area contributed by atoms with Crippen molar-refractivity contribution in [2.45, 2.75) is 19.7 Å². The third kappa shape index (κ3) is 7.18. The Bertz CT molecular complexity index is 823. The number of benzene rings is 2. The summed E-state index contributed by atoms with van der Waals surface area (Å²) in [6.45, 7) is -2.76. The fourth-order valence-electron chi connectivity index (χ4n) is 2.49. The average molecular weight is 525 g/mol. The van der Waals surface area contributed by atoms with Gasteiger partial charge in [0.25, 0.3) is 0 Å². The molecular formula is C19H23F3IN3O3. The van der Waals surface area contributed by atoms with Gasteiger partial charge >= 0.3 is 6.61 Å². The molecule has 0 aliphatic rings. The van der Waals surface area contributed by atoms with Crippen molar-refractivity contribution in [1.29, 1.82) is 0 Å². The number of methoxy groups -OCH3 is 2. The highest BCUT2D eigenvalue weighted by molar-refractivity contribution is 14.0. The number of halogens is 4. The second-order valence-corrected chi connectivity index (χ2v) is 5.55. The molecule has 0 bridgehead atoms. The summed E-state index contributed by atoms with van der Waals surface area (Å²) in [6, 6.07) is 9.14. The van der Waals surface area contributed by atoms with Crippen molar-refractivity contribution in [3.63, 3.8) is 0 Å². The summed E-state index contributed by atoms with van der Waals surface area (Å²) >= 11 is 0. The molecule has 160 valence electrons. The molecule has 2 aromatic rings. The van der Waals surface area contributed by atoms with E-state index in [9.17, 15) is 13.2 Å². The smallest absolute Gasteiger partial charge is 0.387 e. The first-order valence-corrected chi connectivity index (χ1v) is 8.36. The Morgan fingerprint density at radius 3 is 2.38 bits per heavy atom. The number of guanidine groups is 1. The Hall–Kier alpha value is -2.37. The van der Waals surface area contributed by atoms with Crippen LogP contribution in [-0.4, -0.2) is 33.8 Å². The maximum Gasteiger partial charge on any atom is 0.387 e. The molecule has 0 spiro atoms. The number of hydrogen-bond donors (Lipinski definition) is 2. The Morgan fingerprint density at radius 2 is 1.76 bits per heavy atom. The van der Waals surface area contributed by atoms with Crippen LogP contribution in [-0.2, 0) is 13.1 Å². The summed E-state index contributed by atoms with van der Waals surface area (Å²) < 4.78 is 53.9. The molecule has 0 aromatic heterocycles. The van der Waals surface area contributed by atoms with E-state index in [0.717, 1.165) is 5.56 Å². The van der Waals surface area contributed by atoms with Crippen molar-refractivity contribution >= 4 is 29.9 Å². The van der Waals surface area contributed by atoms with Crippen molar-refractivity contribution in [3.05, 3.63) is 53.3 Å². The lowest BCUT2D eigenvalue weighted by Crippen LogP contribution is -2.36. The fraction of sp³-hybridized carbons (Fsp3) is 0.316. The van der Waals surface area contributed by atoms with Crippen LogP contribution in [0.25, 0.3) is 0 Å². The average Bonchev–Trinajstić information content (AvgIpc) is 2.69. The van der Waals surface area contributed by atoms with E-state index in [0.29, 0.717) is 24.0 Å². The van der Waals surface area contributed by atoms with Gasteiger partial charge in [-0.2, -0.15) is 8.78 Å². The number of hydrogen-bond acceptors (Lipinski definition) is 4. The summed E-state index contributed by atoms with van der Waals surface area (Å²) in [6.07, 6.45) is 0.